The molecular formula is C22H30FNOSi. The molecule has 0 unspecified atom stereocenters. The fraction of sp³-hybridized carbons (Fsp3) is 0.409. The molecule has 0 aromatic heterocycles. The standard InChI is InChI=1S/C22H30FNOSi/c1-17(2)26(23,18(3)4)16-8-15-24-22(25)21-13-11-20(12-14-21)19-9-6-5-7-10-19/h5-7,9-14,17-18H,8,15-16H2,1-4H3,(H,24,25). The third-order valence-electron chi connectivity index (χ3n) is 5.20. The molecule has 26 heavy (non-hydrogen) atoms. The van der Waals surface area contributed by atoms with E-state index in [0.29, 0.717) is 24.6 Å². The van der Waals surface area contributed by atoms with Crippen LogP contribution in [0.3, 0.4) is 0 Å². The summed E-state index contributed by atoms with van der Waals surface area (Å²) < 4.78 is 15.1. The molecule has 2 aromatic rings. The van der Waals surface area contributed by atoms with Gasteiger partial charge in [-0.2, -0.15) is 0 Å². The van der Waals surface area contributed by atoms with Crippen molar-refractivity contribution in [3.63, 3.8) is 0 Å². The molecule has 0 spiro atoms. The van der Waals surface area contributed by atoms with Crippen molar-refractivity contribution in [1.29, 1.82) is 0 Å². The van der Waals surface area contributed by atoms with E-state index < -0.39 is 8.41 Å². The molecule has 2 rings (SSSR count). The van der Waals surface area contributed by atoms with E-state index in [2.05, 4.69) is 5.32 Å². The number of nitrogens with one attached hydrogen (secondary N) is 1. The summed E-state index contributed by atoms with van der Waals surface area (Å²) in [5, 5.41) is 2.93. The Morgan fingerprint density at radius 2 is 1.46 bits per heavy atom. The Balaban J connectivity index is 1.87. The number of benzene rings is 2. The molecule has 0 saturated heterocycles. The van der Waals surface area contributed by atoms with Crippen molar-refractivity contribution in [2.45, 2.75) is 51.2 Å². The predicted octanol–water partition coefficient (Wildman–Crippen LogP) is 6.21. The second-order valence-corrected chi connectivity index (χ2v) is 12.2. The molecule has 0 aliphatic carbocycles. The fourth-order valence-electron chi connectivity index (χ4n) is 3.35. The minimum absolute atomic E-state index is 0.0927. The van der Waals surface area contributed by atoms with E-state index in [1.165, 1.54) is 0 Å². The first kappa shape index (κ1) is 20.4. The molecule has 0 radical (unpaired) electrons. The summed E-state index contributed by atoms with van der Waals surface area (Å²) in [5.41, 5.74) is 3.09. The van der Waals surface area contributed by atoms with Crippen LogP contribution in [0.2, 0.25) is 17.1 Å². The number of halogens is 1. The van der Waals surface area contributed by atoms with Crippen LogP contribution in [0, 0.1) is 0 Å². The highest BCUT2D eigenvalue weighted by Gasteiger charge is 2.40. The van der Waals surface area contributed by atoms with Gasteiger partial charge in [0, 0.05) is 12.1 Å². The maximum Gasteiger partial charge on any atom is 0.252 e. The highest BCUT2D eigenvalue weighted by molar-refractivity contribution is 6.75. The maximum absolute atomic E-state index is 15.1. The van der Waals surface area contributed by atoms with Crippen LogP contribution in [0.15, 0.2) is 54.6 Å². The first-order valence-corrected chi connectivity index (χ1v) is 11.7. The molecule has 0 bridgehead atoms. The third-order valence-corrected chi connectivity index (χ3v) is 10.2. The minimum Gasteiger partial charge on any atom is -0.352 e. The van der Waals surface area contributed by atoms with Crippen molar-refractivity contribution in [2.75, 3.05) is 6.54 Å². The van der Waals surface area contributed by atoms with Gasteiger partial charge in [-0.1, -0.05) is 70.2 Å². The number of amides is 1. The maximum atomic E-state index is 15.1. The molecule has 0 aliphatic rings. The van der Waals surface area contributed by atoms with E-state index in [4.69, 9.17) is 0 Å². The summed E-state index contributed by atoms with van der Waals surface area (Å²) >= 11 is 0. The Hall–Kier alpha value is -1.94. The van der Waals surface area contributed by atoms with E-state index in [1.54, 1.807) is 0 Å². The lowest BCUT2D eigenvalue weighted by molar-refractivity contribution is 0.0953. The topological polar surface area (TPSA) is 29.1 Å². The molecule has 4 heteroatoms. The van der Waals surface area contributed by atoms with Crippen LogP contribution in [-0.2, 0) is 0 Å². The molecule has 0 atom stereocenters. The van der Waals surface area contributed by atoms with E-state index >= 15 is 4.11 Å². The molecular weight excluding hydrogens is 341 g/mol. The highest BCUT2D eigenvalue weighted by atomic mass is 28.4. The molecule has 2 nitrogen and oxygen atoms in total. The van der Waals surface area contributed by atoms with E-state index in [9.17, 15) is 4.79 Å². The van der Waals surface area contributed by atoms with Gasteiger partial charge in [-0.05, 0) is 46.8 Å². The Labute approximate surface area is 158 Å². The lowest BCUT2D eigenvalue weighted by atomic mass is 10.0. The molecule has 1 amide bonds. The number of hydrogen-bond acceptors (Lipinski definition) is 1. The van der Waals surface area contributed by atoms with Gasteiger partial charge in [0.15, 0.2) is 0 Å². The highest BCUT2D eigenvalue weighted by Crippen LogP contribution is 2.37. The number of rotatable bonds is 8. The lowest BCUT2D eigenvalue weighted by Gasteiger charge is -2.30. The van der Waals surface area contributed by atoms with Crippen molar-refractivity contribution < 1.29 is 8.90 Å². The second kappa shape index (κ2) is 9.13. The van der Waals surface area contributed by atoms with Gasteiger partial charge in [-0.15, -0.1) is 0 Å². The molecule has 0 aliphatic heterocycles. The smallest absolute Gasteiger partial charge is 0.252 e. The van der Waals surface area contributed by atoms with Crippen LogP contribution in [-0.4, -0.2) is 20.9 Å². The van der Waals surface area contributed by atoms with Crippen LogP contribution < -0.4 is 5.32 Å². The SMILES string of the molecule is CC(C)[Si](F)(CCCNC(=O)c1ccc(-c2ccccc2)cc1)C(C)C. The molecule has 2 aromatic carbocycles. The van der Waals surface area contributed by atoms with Gasteiger partial charge in [0.2, 0.25) is 0 Å². The van der Waals surface area contributed by atoms with Gasteiger partial charge >= 0.3 is 0 Å². The Morgan fingerprint density at radius 1 is 0.923 bits per heavy atom. The summed E-state index contributed by atoms with van der Waals surface area (Å²) in [6.07, 6.45) is 0.701. The van der Waals surface area contributed by atoms with E-state index in [0.717, 1.165) is 11.1 Å². The van der Waals surface area contributed by atoms with Gasteiger partial charge in [0.1, 0.15) is 0 Å². The normalized spacial score (nSPS) is 11.8. The monoisotopic (exact) mass is 371 g/mol. The molecule has 1 N–H and O–H groups in total. The van der Waals surface area contributed by atoms with Crippen LogP contribution in [0.4, 0.5) is 4.11 Å². The quantitative estimate of drug-likeness (QED) is 0.334. The van der Waals surface area contributed by atoms with Crippen molar-refractivity contribution in [2.24, 2.45) is 0 Å². The van der Waals surface area contributed by atoms with Gasteiger partial charge in [0.25, 0.3) is 14.3 Å². The van der Waals surface area contributed by atoms with Crippen LogP contribution >= 0.6 is 0 Å². The van der Waals surface area contributed by atoms with Crippen molar-refractivity contribution >= 4 is 14.3 Å². The lowest BCUT2D eigenvalue weighted by Crippen LogP contribution is -2.37. The second-order valence-electron chi connectivity index (χ2n) is 7.54. The summed E-state index contributed by atoms with van der Waals surface area (Å²) in [6.45, 7) is 8.47. The van der Waals surface area contributed by atoms with Crippen LogP contribution in [0.1, 0.15) is 44.5 Å². The molecule has 0 fully saturated rings. The first-order chi connectivity index (χ1) is 12.3. The van der Waals surface area contributed by atoms with Gasteiger partial charge in [-0.25, -0.2) is 0 Å². The zero-order valence-corrected chi connectivity index (χ0v) is 17.3. The number of hydrogen-bond donors (Lipinski definition) is 1. The predicted molar refractivity (Wildman–Crippen MR) is 111 cm³/mol. The first-order valence-electron chi connectivity index (χ1n) is 9.47. The molecule has 0 heterocycles. The van der Waals surface area contributed by atoms with Gasteiger partial charge < -0.3 is 9.42 Å². The average molecular weight is 372 g/mol. The number of carbonyl (C=O) groups is 1. The summed E-state index contributed by atoms with van der Waals surface area (Å²) in [6, 6.07) is 18.3. The zero-order valence-electron chi connectivity index (χ0n) is 16.3. The Morgan fingerprint density at radius 3 is 2.00 bits per heavy atom. The summed E-state index contributed by atoms with van der Waals surface area (Å²) in [5.74, 6) is -0.0927. The molecule has 140 valence electrons. The minimum atomic E-state index is -2.75. The number of carbonyl (C=O) groups excluding carboxylic acids is 1. The Bertz CT molecular complexity index is 690. The van der Waals surface area contributed by atoms with E-state index in [1.807, 2.05) is 82.3 Å². The van der Waals surface area contributed by atoms with Crippen molar-refractivity contribution in [1.82, 2.24) is 5.32 Å². The van der Waals surface area contributed by atoms with E-state index in [-0.39, 0.29) is 17.0 Å². The van der Waals surface area contributed by atoms with Crippen molar-refractivity contribution in [3.8, 4) is 11.1 Å². The van der Waals surface area contributed by atoms with Crippen LogP contribution in [0.5, 0.6) is 0 Å². The summed E-state index contributed by atoms with van der Waals surface area (Å²) in [7, 11) is -2.75. The van der Waals surface area contributed by atoms with Gasteiger partial charge in [0.05, 0.1) is 0 Å². The fourth-order valence-corrected chi connectivity index (χ4v) is 6.56. The van der Waals surface area contributed by atoms with Gasteiger partial charge in [-0.3, -0.25) is 4.79 Å². The van der Waals surface area contributed by atoms with Crippen LogP contribution in [0.25, 0.3) is 11.1 Å². The third kappa shape index (κ3) is 5.04. The average Bonchev–Trinajstić information content (AvgIpc) is 2.65. The zero-order chi connectivity index (χ0) is 19.2. The van der Waals surface area contributed by atoms with Crippen molar-refractivity contribution in [3.05, 3.63) is 60.2 Å². The largest absolute Gasteiger partial charge is 0.352 e. The molecule has 0 saturated carbocycles. The summed E-state index contributed by atoms with van der Waals surface area (Å²) in [4.78, 5) is 12.3. The Kier molecular flexibility index (Phi) is 7.15.